The molecule has 1 aliphatic heterocycles. The average Bonchev–Trinajstić information content (AvgIpc) is 2.87. The highest BCUT2D eigenvalue weighted by Gasteiger charge is 2.17. The van der Waals surface area contributed by atoms with E-state index in [9.17, 15) is 14.7 Å². The van der Waals surface area contributed by atoms with Gasteiger partial charge in [0.15, 0.2) is 11.5 Å². The Morgan fingerprint density at radius 2 is 1.74 bits per heavy atom. The zero-order chi connectivity index (χ0) is 19.4. The van der Waals surface area contributed by atoms with Crippen molar-refractivity contribution in [2.24, 2.45) is 0 Å². The van der Waals surface area contributed by atoms with Crippen molar-refractivity contribution in [2.75, 3.05) is 18.5 Å². The minimum absolute atomic E-state index is 0.0556. The number of aromatic carboxylic acids is 1. The molecule has 2 aromatic rings. The molecule has 1 amide bonds. The first-order valence-electron chi connectivity index (χ1n) is 8.69. The first kappa shape index (κ1) is 18.6. The molecule has 0 aromatic heterocycles. The van der Waals surface area contributed by atoms with Crippen LogP contribution in [0.4, 0.5) is 5.69 Å². The number of anilines is 1. The quantitative estimate of drug-likeness (QED) is 0.834. The van der Waals surface area contributed by atoms with Crippen molar-refractivity contribution >= 4 is 17.6 Å². The standard InChI is InChI=1S/C20H21NO6/c1-12(2)27-16-6-5-14(20(23)24)10-15(16)21-19(22)13-4-7-17-18(11-13)26-9-3-8-25-17/h4-7,10-12H,3,8-9H2,1-2H3,(H,21,22)(H,23,24). The highest BCUT2D eigenvalue weighted by atomic mass is 16.5. The van der Waals surface area contributed by atoms with Crippen LogP contribution < -0.4 is 19.5 Å². The van der Waals surface area contributed by atoms with E-state index >= 15 is 0 Å². The monoisotopic (exact) mass is 371 g/mol. The van der Waals surface area contributed by atoms with Gasteiger partial charge in [-0.3, -0.25) is 4.79 Å². The minimum atomic E-state index is -1.09. The molecule has 3 rings (SSSR count). The third-order valence-corrected chi connectivity index (χ3v) is 3.85. The van der Waals surface area contributed by atoms with Crippen LogP contribution in [0.15, 0.2) is 36.4 Å². The molecule has 7 nitrogen and oxygen atoms in total. The lowest BCUT2D eigenvalue weighted by atomic mass is 10.1. The number of carbonyl (C=O) groups excluding carboxylic acids is 1. The summed E-state index contributed by atoms with van der Waals surface area (Å²) in [6.07, 6.45) is 0.642. The third kappa shape index (κ3) is 4.49. The molecule has 0 radical (unpaired) electrons. The number of fused-ring (bicyclic) bond motifs is 1. The van der Waals surface area contributed by atoms with Crippen molar-refractivity contribution in [3.05, 3.63) is 47.5 Å². The number of carboxylic acid groups (broad SMARTS) is 1. The Labute approximate surface area is 156 Å². The lowest BCUT2D eigenvalue weighted by Crippen LogP contribution is -2.15. The zero-order valence-electron chi connectivity index (χ0n) is 15.2. The second-order valence-corrected chi connectivity index (χ2v) is 6.35. The van der Waals surface area contributed by atoms with Crippen molar-refractivity contribution in [3.8, 4) is 17.2 Å². The normalized spacial score (nSPS) is 13.0. The largest absolute Gasteiger partial charge is 0.490 e. The topological polar surface area (TPSA) is 94.1 Å². The maximum Gasteiger partial charge on any atom is 0.335 e. The molecule has 7 heteroatoms. The van der Waals surface area contributed by atoms with E-state index in [0.717, 1.165) is 6.42 Å². The first-order chi connectivity index (χ1) is 12.9. The predicted octanol–water partition coefficient (Wildman–Crippen LogP) is 3.59. The van der Waals surface area contributed by atoms with Gasteiger partial charge in [-0.25, -0.2) is 4.79 Å². The Bertz CT molecular complexity index is 862. The van der Waals surface area contributed by atoms with Gasteiger partial charge in [-0.2, -0.15) is 0 Å². The fraction of sp³-hybridized carbons (Fsp3) is 0.300. The van der Waals surface area contributed by atoms with Crippen LogP contribution in [0.25, 0.3) is 0 Å². The Hall–Kier alpha value is -3.22. The van der Waals surface area contributed by atoms with E-state index in [1.165, 1.54) is 18.2 Å². The number of hydrogen-bond donors (Lipinski definition) is 2. The molecule has 2 aromatic carbocycles. The van der Waals surface area contributed by atoms with Crippen LogP contribution in [0.3, 0.4) is 0 Å². The summed E-state index contributed by atoms with van der Waals surface area (Å²) in [5.41, 5.74) is 0.719. The molecule has 0 bridgehead atoms. The molecule has 142 valence electrons. The van der Waals surface area contributed by atoms with E-state index in [1.807, 2.05) is 13.8 Å². The van der Waals surface area contributed by atoms with Gasteiger partial charge in [-0.15, -0.1) is 0 Å². The van der Waals surface area contributed by atoms with Gasteiger partial charge >= 0.3 is 5.97 Å². The number of amides is 1. The molecular weight excluding hydrogens is 350 g/mol. The Kier molecular flexibility index (Phi) is 5.49. The fourth-order valence-corrected chi connectivity index (χ4v) is 2.62. The van der Waals surface area contributed by atoms with Crippen LogP contribution in [0.2, 0.25) is 0 Å². The van der Waals surface area contributed by atoms with Gasteiger partial charge in [0.25, 0.3) is 5.91 Å². The minimum Gasteiger partial charge on any atom is -0.490 e. The number of ether oxygens (including phenoxy) is 3. The SMILES string of the molecule is CC(C)Oc1ccc(C(=O)O)cc1NC(=O)c1ccc2c(c1)OCCCO2. The maximum absolute atomic E-state index is 12.7. The predicted molar refractivity (Wildman–Crippen MR) is 99.2 cm³/mol. The summed E-state index contributed by atoms with van der Waals surface area (Å²) in [7, 11) is 0. The number of rotatable bonds is 5. The molecule has 0 saturated carbocycles. The summed E-state index contributed by atoms with van der Waals surface area (Å²) in [5, 5.41) is 11.9. The number of benzene rings is 2. The van der Waals surface area contributed by atoms with Crippen LogP contribution in [-0.4, -0.2) is 36.3 Å². The average molecular weight is 371 g/mol. The van der Waals surface area contributed by atoms with Crippen LogP contribution in [0, 0.1) is 0 Å². The summed E-state index contributed by atoms with van der Waals surface area (Å²) in [4.78, 5) is 23.9. The van der Waals surface area contributed by atoms with Crippen molar-refractivity contribution in [1.29, 1.82) is 0 Å². The highest BCUT2D eigenvalue weighted by molar-refractivity contribution is 6.06. The van der Waals surface area contributed by atoms with E-state index in [4.69, 9.17) is 14.2 Å². The molecule has 1 heterocycles. The smallest absolute Gasteiger partial charge is 0.335 e. The van der Waals surface area contributed by atoms with Gasteiger partial charge in [0.2, 0.25) is 0 Å². The molecule has 1 aliphatic rings. The van der Waals surface area contributed by atoms with E-state index in [2.05, 4.69) is 5.32 Å². The maximum atomic E-state index is 12.7. The third-order valence-electron chi connectivity index (χ3n) is 3.85. The van der Waals surface area contributed by atoms with E-state index in [-0.39, 0.29) is 11.7 Å². The number of carbonyl (C=O) groups is 2. The Morgan fingerprint density at radius 1 is 1.04 bits per heavy atom. The van der Waals surface area contributed by atoms with Gasteiger partial charge in [0.1, 0.15) is 5.75 Å². The van der Waals surface area contributed by atoms with Crippen molar-refractivity contribution in [2.45, 2.75) is 26.4 Å². The second kappa shape index (κ2) is 7.99. The lowest BCUT2D eigenvalue weighted by molar-refractivity contribution is 0.0696. The van der Waals surface area contributed by atoms with Crippen molar-refractivity contribution < 1.29 is 28.9 Å². The van der Waals surface area contributed by atoms with E-state index in [1.54, 1.807) is 18.2 Å². The van der Waals surface area contributed by atoms with Gasteiger partial charge in [-0.1, -0.05) is 0 Å². The summed E-state index contributed by atoms with van der Waals surface area (Å²) < 4.78 is 16.8. The number of carboxylic acids is 1. The number of hydrogen-bond acceptors (Lipinski definition) is 5. The highest BCUT2D eigenvalue weighted by Crippen LogP contribution is 2.32. The molecular formula is C20H21NO6. The molecule has 0 aliphatic carbocycles. The molecule has 27 heavy (non-hydrogen) atoms. The number of nitrogens with one attached hydrogen (secondary N) is 1. The summed E-state index contributed by atoms with van der Waals surface area (Å²) >= 11 is 0. The van der Waals surface area contributed by atoms with Gasteiger partial charge in [0, 0.05) is 12.0 Å². The second-order valence-electron chi connectivity index (χ2n) is 6.35. The zero-order valence-corrected chi connectivity index (χ0v) is 15.2. The molecule has 0 fully saturated rings. The molecule has 0 saturated heterocycles. The summed E-state index contributed by atoms with van der Waals surface area (Å²) in [6.45, 7) is 4.78. The summed E-state index contributed by atoms with van der Waals surface area (Å²) in [6, 6.07) is 9.28. The van der Waals surface area contributed by atoms with Crippen LogP contribution in [0.1, 0.15) is 41.0 Å². The van der Waals surface area contributed by atoms with Gasteiger partial charge in [0.05, 0.1) is 30.6 Å². The Balaban J connectivity index is 1.87. The fourth-order valence-electron chi connectivity index (χ4n) is 2.62. The molecule has 0 unspecified atom stereocenters. The van der Waals surface area contributed by atoms with E-state index in [0.29, 0.717) is 41.7 Å². The van der Waals surface area contributed by atoms with Crippen LogP contribution in [-0.2, 0) is 0 Å². The molecule has 0 atom stereocenters. The van der Waals surface area contributed by atoms with E-state index < -0.39 is 11.9 Å². The van der Waals surface area contributed by atoms with Crippen molar-refractivity contribution in [3.63, 3.8) is 0 Å². The molecule has 0 spiro atoms. The van der Waals surface area contributed by atoms with Crippen LogP contribution >= 0.6 is 0 Å². The lowest BCUT2D eigenvalue weighted by Gasteiger charge is -2.16. The van der Waals surface area contributed by atoms with Gasteiger partial charge in [-0.05, 0) is 50.2 Å². The van der Waals surface area contributed by atoms with Gasteiger partial charge < -0.3 is 24.6 Å². The van der Waals surface area contributed by atoms with Crippen molar-refractivity contribution in [1.82, 2.24) is 0 Å². The summed E-state index contributed by atoms with van der Waals surface area (Å²) in [5.74, 6) is 0.0236. The van der Waals surface area contributed by atoms with Crippen LogP contribution in [0.5, 0.6) is 17.2 Å². The molecule has 2 N–H and O–H groups in total. The first-order valence-corrected chi connectivity index (χ1v) is 8.69. The Morgan fingerprint density at radius 3 is 2.44 bits per heavy atom.